The number of carboxylic acids is 1. The minimum absolute atomic E-state index is 0.131. The molecule has 0 saturated carbocycles. The van der Waals surface area contributed by atoms with Crippen molar-refractivity contribution in [1.82, 2.24) is 0 Å². The summed E-state index contributed by atoms with van der Waals surface area (Å²) in [5, 5.41) is 17.9. The maximum atomic E-state index is 11.9. The largest absolute Gasteiger partial charge is 0.481 e. The molecule has 1 fully saturated rings. The number of ether oxygens (including phenoxy) is 7. The van der Waals surface area contributed by atoms with Crippen molar-refractivity contribution >= 4 is 41.8 Å². The van der Waals surface area contributed by atoms with E-state index in [1.165, 1.54) is 28.3 Å². The van der Waals surface area contributed by atoms with Crippen LogP contribution in [-0.4, -0.2) is 106 Å². The first-order valence-electron chi connectivity index (χ1n) is 22.7. The van der Waals surface area contributed by atoms with E-state index in [1.54, 1.807) is 34.6 Å². The fraction of sp³-hybridized carbons (Fsp3) is 0.706. The predicted octanol–water partition coefficient (Wildman–Crippen LogP) is 8.87. The van der Waals surface area contributed by atoms with E-state index in [0.717, 1.165) is 18.4 Å². The molecule has 0 amide bonds. The number of aliphatic hydroxyl groups is 1. The third-order valence-corrected chi connectivity index (χ3v) is 11.8. The summed E-state index contributed by atoms with van der Waals surface area (Å²) in [6.07, 6.45) is 2.89. The SMILES string of the molecule is C=C(C)C(=O)OCC(O)COC(=O)C(C)(C)CC.CCC(C)(C)C(=O)O.CCC(C)(C)C(=O)OC.CCC(C)(C)C(=O)OCc1ccccc1.CCC1(C(=O)OC)COCC(C)(C(=O)OC)C1. The lowest BCUT2D eigenvalue weighted by atomic mass is 9.69. The number of carbonyl (C=O) groups is 7. The Balaban J connectivity index is -0.000000788. The molecule has 0 aliphatic carbocycles. The van der Waals surface area contributed by atoms with Crippen molar-refractivity contribution in [1.29, 1.82) is 0 Å². The highest BCUT2D eigenvalue weighted by Gasteiger charge is 2.51. The van der Waals surface area contributed by atoms with Crippen LogP contribution in [0.15, 0.2) is 42.5 Å². The van der Waals surface area contributed by atoms with E-state index in [1.807, 2.05) is 92.6 Å². The van der Waals surface area contributed by atoms with E-state index in [4.69, 9.17) is 33.5 Å². The fourth-order valence-electron chi connectivity index (χ4n) is 4.91. The molecule has 0 radical (unpaired) electrons. The Kier molecular flexibility index (Phi) is 31.0. The van der Waals surface area contributed by atoms with E-state index < -0.39 is 39.7 Å². The van der Waals surface area contributed by atoms with Crippen LogP contribution in [0.1, 0.15) is 148 Å². The smallest absolute Gasteiger partial charge is 0.333 e. The normalized spacial score (nSPS) is 17.1. The Morgan fingerprint density at radius 2 is 1.09 bits per heavy atom. The summed E-state index contributed by atoms with van der Waals surface area (Å²) < 4.78 is 34.5. The molecule has 2 N–H and O–H groups in total. The summed E-state index contributed by atoms with van der Waals surface area (Å²) in [6, 6.07) is 9.72. The number of hydrogen-bond donors (Lipinski definition) is 2. The molecule has 16 nitrogen and oxygen atoms in total. The van der Waals surface area contributed by atoms with E-state index in [0.29, 0.717) is 38.9 Å². The lowest BCUT2D eigenvalue weighted by Crippen LogP contribution is -2.50. The highest BCUT2D eigenvalue weighted by Crippen LogP contribution is 2.43. The molecule has 0 spiro atoms. The van der Waals surface area contributed by atoms with Crippen LogP contribution in [0.2, 0.25) is 0 Å². The van der Waals surface area contributed by atoms with Gasteiger partial charge in [-0.15, -0.1) is 0 Å². The number of carbonyl (C=O) groups excluding carboxylic acids is 6. The molecule has 1 saturated heterocycles. The second-order valence-corrected chi connectivity index (χ2v) is 19.3. The Morgan fingerprint density at radius 1 is 0.657 bits per heavy atom. The van der Waals surface area contributed by atoms with Gasteiger partial charge in [0.25, 0.3) is 0 Å². The van der Waals surface area contributed by atoms with Gasteiger partial charge in [-0.25, -0.2) is 4.79 Å². The second-order valence-electron chi connectivity index (χ2n) is 19.3. The van der Waals surface area contributed by atoms with Gasteiger partial charge in [-0.1, -0.05) is 71.5 Å². The van der Waals surface area contributed by atoms with Gasteiger partial charge in [0.2, 0.25) is 0 Å². The first-order chi connectivity index (χ1) is 30.7. The van der Waals surface area contributed by atoms with Crippen molar-refractivity contribution in [2.45, 2.75) is 155 Å². The number of rotatable bonds is 18. The number of benzene rings is 1. The first-order valence-corrected chi connectivity index (χ1v) is 22.7. The number of methoxy groups -OCH3 is 3. The van der Waals surface area contributed by atoms with Gasteiger partial charge in [-0.2, -0.15) is 0 Å². The summed E-state index contributed by atoms with van der Waals surface area (Å²) in [5.74, 6) is -2.61. The van der Waals surface area contributed by atoms with Gasteiger partial charge < -0.3 is 43.4 Å². The molecule has 67 heavy (non-hydrogen) atoms. The molecule has 386 valence electrons. The molecule has 0 aromatic heterocycles. The zero-order valence-electron chi connectivity index (χ0n) is 44.1. The number of aliphatic hydroxyl groups excluding tert-OH is 1. The Hall–Kier alpha value is -4.83. The highest BCUT2D eigenvalue weighted by molar-refractivity contribution is 5.87. The molecular weight excluding hydrogens is 869 g/mol. The molecule has 3 unspecified atom stereocenters. The molecule has 0 bridgehead atoms. The van der Waals surface area contributed by atoms with Crippen molar-refractivity contribution in [2.24, 2.45) is 32.5 Å². The van der Waals surface area contributed by atoms with E-state index in [-0.39, 0.29) is 66.1 Å². The van der Waals surface area contributed by atoms with Crippen molar-refractivity contribution in [3.05, 3.63) is 48.0 Å². The first kappa shape index (κ1) is 66.4. The molecular formula is C51H86O16. The molecule has 1 aliphatic rings. The summed E-state index contributed by atoms with van der Waals surface area (Å²) >= 11 is 0. The van der Waals surface area contributed by atoms with Gasteiger partial charge in [0.05, 0.1) is 67.0 Å². The Bertz CT molecular complexity index is 1700. The minimum Gasteiger partial charge on any atom is -0.481 e. The van der Waals surface area contributed by atoms with E-state index >= 15 is 0 Å². The van der Waals surface area contributed by atoms with Crippen LogP contribution in [0.25, 0.3) is 0 Å². The van der Waals surface area contributed by atoms with Crippen LogP contribution in [0.4, 0.5) is 0 Å². The average molecular weight is 955 g/mol. The maximum absolute atomic E-state index is 11.9. The Labute approximate surface area is 401 Å². The zero-order valence-corrected chi connectivity index (χ0v) is 44.1. The number of carboxylic acid groups (broad SMARTS) is 1. The molecule has 16 heteroatoms. The standard InChI is InChI=1S/C13H22O5.C13H18O2.C12H20O5.C7H14O2.C6H12O2/c1-6-13(4,5)12(16)18-8-10(14)7-17-11(15)9(2)3;1-4-13(2,3)12(14)15-10-11-8-6-5-7-9-11;1-5-12(10(14)16-4)6-11(2,7-17-8-12)9(13)15-3;1-5-7(2,3)6(8)9-4;1-4-6(2,3)5(7)8/h10,14H,2,6-8H2,1,3-5H3;5-9H,4,10H2,1-3H3;5-8H2,1-4H3;5H2,1-4H3;4H2,1-3H3,(H,7,8). The molecule has 1 aromatic carbocycles. The Morgan fingerprint density at radius 3 is 1.45 bits per heavy atom. The van der Waals surface area contributed by atoms with Crippen molar-refractivity contribution in [3.63, 3.8) is 0 Å². The van der Waals surface area contributed by atoms with Crippen molar-refractivity contribution < 1.29 is 76.9 Å². The van der Waals surface area contributed by atoms with Gasteiger partial charge >= 0.3 is 41.8 Å². The number of esters is 6. The lowest BCUT2D eigenvalue weighted by molar-refractivity contribution is -0.181. The third kappa shape index (κ3) is 24.7. The highest BCUT2D eigenvalue weighted by atomic mass is 16.6. The zero-order chi connectivity index (χ0) is 53.0. The lowest BCUT2D eigenvalue weighted by Gasteiger charge is -2.42. The maximum Gasteiger partial charge on any atom is 0.333 e. The van der Waals surface area contributed by atoms with Gasteiger partial charge in [-0.05, 0) is 113 Å². The van der Waals surface area contributed by atoms with Gasteiger partial charge in [0, 0.05) is 5.57 Å². The third-order valence-electron chi connectivity index (χ3n) is 11.8. The molecule has 1 heterocycles. The van der Waals surface area contributed by atoms with Crippen LogP contribution in [0, 0.1) is 32.5 Å². The van der Waals surface area contributed by atoms with Crippen LogP contribution in [-0.2, 0) is 73.3 Å². The molecule has 2 rings (SSSR count). The summed E-state index contributed by atoms with van der Waals surface area (Å²) in [7, 11) is 4.11. The number of aliphatic carboxylic acids is 1. The van der Waals surface area contributed by atoms with Crippen LogP contribution >= 0.6 is 0 Å². The predicted molar refractivity (Wildman–Crippen MR) is 255 cm³/mol. The van der Waals surface area contributed by atoms with Crippen molar-refractivity contribution in [3.8, 4) is 0 Å². The van der Waals surface area contributed by atoms with Gasteiger partial charge in [0.1, 0.15) is 25.9 Å². The molecule has 3 atom stereocenters. The topological polar surface area (TPSA) is 225 Å². The summed E-state index contributed by atoms with van der Waals surface area (Å²) in [5.41, 5.74) is -2.05. The van der Waals surface area contributed by atoms with Crippen molar-refractivity contribution in [2.75, 3.05) is 47.8 Å². The molecule has 1 aromatic rings. The fourth-order valence-corrected chi connectivity index (χ4v) is 4.91. The monoisotopic (exact) mass is 955 g/mol. The summed E-state index contributed by atoms with van der Waals surface area (Å²) in [6.45, 7) is 31.3. The minimum atomic E-state index is -1.02. The van der Waals surface area contributed by atoms with Gasteiger partial charge in [0.15, 0.2) is 0 Å². The van der Waals surface area contributed by atoms with Gasteiger partial charge in [-0.3, -0.25) is 28.8 Å². The van der Waals surface area contributed by atoms with Crippen LogP contribution < -0.4 is 0 Å². The average Bonchev–Trinajstić information content (AvgIpc) is 3.31. The quantitative estimate of drug-likeness (QED) is 0.0796. The van der Waals surface area contributed by atoms with Crippen LogP contribution in [0.5, 0.6) is 0 Å². The molecule has 1 aliphatic heterocycles. The summed E-state index contributed by atoms with van der Waals surface area (Å²) in [4.78, 5) is 79.0. The second kappa shape index (κ2) is 31.3. The number of hydrogen-bond acceptors (Lipinski definition) is 15. The van der Waals surface area contributed by atoms with E-state index in [9.17, 15) is 38.7 Å². The van der Waals surface area contributed by atoms with Crippen LogP contribution in [0.3, 0.4) is 0 Å². The van der Waals surface area contributed by atoms with E-state index in [2.05, 4.69) is 11.3 Å².